The van der Waals surface area contributed by atoms with E-state index in [9.17, 15) is 0 Å². The molecule has 1 unspecified atom stereocenters. The standard InChI is InChI=1S/C9H19N.3C9H17N.2C8H18N2.C8H17N.2C8H15N.C7H16N2.C6H14N2.C6H13N.C6H11N.2C2H6/c2*1-9-5-3-7-10(2)8-4-6-9;2*1-9-5-3-4-7-10(2)8-6-9;1-9-5-3-7-10(2)8-4-6-9;1-9-5-3-4-6-10(2)8-7-9;3*1-8-4-3-6-9(2)7-5-8;1-8-4-3-5-9(2)7-6-8;1-7-3-5-8(2)6-4-7;2*1-7-5-3-2-4-6-7;2*1-2/h9H,3-8H2,1-2H3;5H,3-4,6-8H2,1-2H3;6H,3-5,7-8H2,1-2H3;5H,3-4,6-8H2,1-2H3;2*3-8H2,1-2H3;8H,3-7H2,1-2H3;5H,3-4,6-7H2,1-2H3;4H,3,5-7H2,1-2H3;3-7H2,1-2H3;3-6H2,1-2H3;2-6H2,1H3;2-3H,4-6H2,1H3;2*1-2H3/b;9-5-;9-6-;9-5-;;;;;;;;;;;. The fourth-order valence-corrected chi connectivity index (χ4v) is 15.9. The average molecular weight is 1720 g/mol. The van der Waals surface area contributed by atoms with Crippen LogP contribution in [0.2, 0.25) is 0 Å². The summed E-state index contributed by atoms with van der Waals surface area (Å²) in [5.41, 5.74) is 7.81. The third kappa shape index (κ3) is 82.2. The molecule has 13 heterocycles. The number of hydrogen-bond donors (Lipinski definition) is 0. The van der Waals surface area contributed by atoms with Crippen molar-refractivity contribution in [1.82, 2.24) is 83.3 Å². The molecule has 0 saturated carbocycles. The molecule has 7 fully saturated rings. The molecule has 17 heteroatoms. The van der Waals surface area contributed by atoms with Gasteiger partial charge in [-0.3, -0.25) is 0 Å². The molecule has 0 aliphatic carbocycles. The van der Waals surface area contributed by atoms with Crippen molar-refractivity contribution in [2.75, 3.05) is 342 Å². The number of piperazine rings is 1. The summed E-state index contributed by atoms with van der Waals surface area (Å²) in [6.45, 7) is 66.5. The smallest absolute Gasteiger partial charge is 0.0162 e. The van der Waals surface area contributed by atoms with Crippen LogP contribution in [0.25, 0.3) is 0 Å². The molecule has 0 amide bonds. The summed E-state index contributed by atoms with van der Waals surface area (Å²) in [5, 5.41) is 0. The van der Waals surface area contributed by atoms with Gasteiger partial charge in [0.05, 0.1) is 0 Å². The van der Waals surface area contributed by atoms with Gasteiger partial charge in [-0.1, -0.05) is 118 Å². The molecule has 0 radical (unpaired) electrons. The summed E-state index contributed by atoms with van der Waals surface area (Å²) < 4.78 is 0. The normalized spacial score (nSPS) is 25.6. The lowest BCUT2D eigenvalue weighted by Gasteiger charge is -2.28. The molecule has 7 saturated heterocycles. The van der Waals surface area contributed by atoms with Gasteiger partial charge in [-0.2, -0.15) is 0 Å². The molecule has 0 aromatic heterocycles. The van der Waals surface area contributed by atoms with Crippen molar-refractivity contribution < 1.29 is 0 Å². The molecule has 0 spiro atoms. The van der Waals surface area contributed by atoms with Crippen LogP contribution >= 0.6 is 0 Å². The number of likely N-dealkylation sites (tertiary alicyclic amines) is 3. The van der Waals surface area contributed by atoms with Crippen LogP contribution in [0.15, 0.2) is 70.4 Å². The third-order valence-corrected chi connectivity index (χ3v) is 25.7. The van der Waals surface area contributed by atoms with E-state index in [1.807, 2.05) is 27.7 Å². The van der Waals surface area contributed by atoms with E-state index >= 15 is 0 Å². The molecule has 724 valence electrons. The first kappa shape index (κ1) is 122. The highest BCUT2D eigenvalue weighted by Crippen LogP contribution is 2.18. The fraction of sp³-hybridized carbons (Fsp3) is 0.886. The lowest BCUT2D eigenvalue weighted by Crippen LogP contribution is -2.42. The van der Waals surface area contributed by atoms with Crippen molar-refractivity contribution in [3.63, 3.8) is 0 Å². The van der Waals surface area contributed by atoms with E-state index < -0.39 is 0 Å². The van der Waals surface area contributed by atoms with E-state index in [-0.39, 0.29) is 0 Å². The van der Waals surface area contributed by atoms with Crippen LogP contribution in [0.5, 0.6) is 0 Å². The molecular formula is C105H219N17. The first-order valence-corrected chi connectivity index (χ1v) is 51.0. The number of rotatable bonds is 0. The lowest BCUT2D eigenvalue weighted by atomic mass is 9.98. The van der Waals surface area contributed by atoms with Crippen LogP contribution < -0.4 is 0 Å². The number of allylic oxidation sites excluding steroid dienone is 4. The molecule has 0 aromatic carbocycles. The van der Waals surface area contributed by atoms with Crippen LogP contribution in [0, 0.1) is 11.8 Å². The predicted octanol–water partition coefficient (Wildman–Crippen LogP) is 18.8. The first-order chi connectivity index (χ1) is 58.5. The van der Waals surface area contributed by atoms with Gasteiger partial charge in [-0.05, 0) is 464 Å². The Morgan fingerprint density at radius 1 is 0.172 bits per heavy atom. The van der Waals surface area contributed by atoms with Gasteiger partial charge in [0.15, 0.2) is 0 Å². The Hall–Kier alpha value is -2.24. The topological polar surface area (TPSA) is 55.1 Å². The molecule has 122 heavy (non-hydrogen) atoms. The van der Waals surface area contributed by atoms with E-state index in [0.717, 1.165) is 31.5 Å². The van der Waals surface area contributed by atoms with Crippen molar-refractivity contribution >= 4 is 0 Å². The van der Waals surface area contributed by atoms with Gasteiger partial charge >= 0.3 is 0 Å². The van der Waals surface area contributed by atoms with E-state index in [4.69, 9.17) is 0 Å². The van der Waals surface area contributed by atoms with Gasteiger partial charge in [0.2, 0.25) is 0 Å². The Morgan fingerprint density at radius 3 is 0.779 bits per heavy atom. The SMILES string of the molecule is C/C1=C/CCCN(C)CC1.C/C1=C/CCN(C)CCC1.C/C1=C/CN(C)CCCC1.CC.CC.CC1=CCCN(C)CC1.CC1=CCN(C)CCC1.CC1CCCN(C)CC1.CC1CCCN(C)CCC1.CN1CC=CCC1.CN1CCCCC1.CN1CCCCN(C)CC1.CN1CCCN(C)CC1.CN1CCCN(C)CCC1.CN1CCN(C)CC1. The number of likely N-dealkylation sites (N-methyl/N-ethyl adjacent to an activating group) is 9. The molecule has 13 aliphatic rings. The predicted molar refractivity (Wildman–Crippen MR) is 550 cm³/mol. The summed E-state index contributed by atoms with van der Waals surface area (Å²) in [6, 6.07) is 0. The van der Waals surface area contributed by atoms with Gasteiger partial charge in [0.25, 0.3) is 0 Å². The van der Waals surface area contributed by atoms with Crippen LogP contribution in [-0.2, 0) is 0 Å². The zero-order valence-electron chi connectivity index (χ0n) is 87.8. The minimum Gasteiger partial charge on any atom is -0.306 e. The maximum absolute atomic E-state index is 2.45. The van der Waals surface area contributed by atoms with E-state index in [1.54, 1.807) is 27.9 Å². The highest BCUT2D eigenvalue weighted by atomic mass is 15.2. The second kappa shape index (κ2) is 84.3. The van der Waals surface area contributed by atoms with Crippen LogP contribution in [0.4, 0.5) is 0 Å². The summed E-state index contributed by atoms with van der Waals surface area (Å²) in [5.74, 6) is 1.95. The number of hydrogen-bond acceptors (Lipinski definition) is 17. The monoisotopic (exact) mass is 1720 g/mol. The van der Waals surface area contributed by atoms with Crippen molar-refractivity contribution in [2.45, 2.75) is 262 Å². The van der Waals surface area contributed by atoms with Gasteiger partial charge in [0, 0.05) is 105 Å². The zero-order chi connectivity index (χ0) is 91.4. The molecule has 17 nitrogen and oxygen atoms in total. The van der Waals surface area contributed by atoms with E-state index in [2.05, 4.69) is 294 Å². The quantitative estimate of drug-likeness (QED) is 0.216. The summed E-state index contributed by atoms with van der Waals surface area (Å²) in [7, 11) is 37.3. The Bertz CT molecular complexity index is 2330. The molecule has 13 rings (SSSR count). The third-order valence-electron chi connectivity index (χ3n) is 25.7. The number of nitrogens with zero attached hydrogens (tertiary/aromatic N) is 17. The van der Waals surface area contributed by atoms with Crippen molar-refractivity contribution in [1.29, 1.82) is 0 Å². The summed E-state index contributed by atoms with van der Waals surface area (Å²) in [4.78, 5) is 40.7. The average Bonchev–Trinajstić information content (AvgIpc) is 1.62. The lowest BCUT2D eigenvalue weighted by molar-refractivity contribution is 0.181. The minimum atomic E-state index is 0.968. The summed E-state index contributed by atoms with van der Waals surface area (Å²) >= 11 is 0. The highest BCUT2D eigenvalue weighted by molar-refractivity contribution is 5.03. The molecule has 1 atom stereocenters. The largest absolute Gasteiger partial charge is 0.306 e. The second-order valence-corrected chi connectivity index (χ2v) is 39.2. The maximum atomic E-state index is 2.45. The van der Waals surface area contributed by atoms with Gasteiger partial charge in [-0.25, -0.2) is 0 Å². The van der Waals surface area contributed by atoms with E-state index in [0.29, 0.717) is 0 Å². The van der Waals surface area contributed by atoms with Gasteiger partial charge in [-0.15, -0.1) is 0 Å². The fourth-order valence-electron chi connectivity index (χ4n) is 15.9. The van der Waals surface area contributed by atoms with E-state index in [1.165, 1.54) is 389 Å². The molecule has 0 aromatic rings. The van der Waals surface area contributed by atoms with Crippen molar-refractivity contribution in [3.05, 3.63) is 70.4 Å². The molecule has 13 aliphatic heterocycles. The first-order valence-electron chi connectivity index (χ1n) is 51.0. The Labute approximate surface area is 765 Å². The highest BCUT2D eigenvalue weighted by Gasteiger charge is 2.14. The van der Waals surface area contributed by atoms with Gasteiger partial charge in [0.1, 0.15) is 0 Å². The molecule has 0 bridgehead atoms. The molecular weight excluding hydrogens is 1500 g/mol. The Kier molecular flexibility index (Phi) is 84.2. The van der Waals surface area contributed by atoms with Crippen LogP contribution in [0.1, 0.15) is 262 Å². The van der Waals surface area contributed by atoms with Crippen molar-refractivity contribution in [3.8, 4) is 0 Å². The Balaban J connectivity index is 0. The minimum absolute atomic E-state index is 0.968. The zero-order valence-corrected chi connectivity index (χ0v) is 87.8. The molecule has 0 N–H and O–H groups in total. The summed E-state index contributed by atoms with van der Waals surface area (Å²) in [6.07, 6.45) is 55.2. The van der Waals surface area contributed by atoms with Crippen LogP contribution in [0.3, 0.4) is 0 Å². The Morgan fingerprint density at radius 2 is 0.410 bits per heavy atom. The van der Waals surface area contributed by atoms with Crippen LogP contribution in [-0.4, -0.2) is 426 Å². The number of piperidine rings is 1. The second-order valence-electron chi connectivity index (χ2n) is 39.2. The van der Waals surface area contributed by atoms with Crippen molar-refractivity contribution in [2.24, 2.45) is 11.8 Å². The van der Waals surface area contributed by atoms with Gasteiger partial charge < -0.3 is 83.3 Å². The maximum Gasteiger partial charge on any atom is 0.0162 e.